The van der Waals surface area contributed by atoms with Crippen LogP contribution in [-0.2, 0) is 60.3 Å². The third-order valence-corrected chi connectivity index (χ3v) is 13.6. The fourth-order valence-corrected chi connectivity index (χ4v) is 9.58. The standard InChI is InChI=1S/C50H65N13O11.Pd/c1-8-27-22(2)31-19-36-42(26(6)64)24(4)33(58-36)17-32-23(3)28-11-12-39(66)63-62-30(10-9-13-54-49(51)52)46(70)38(65)21-56-47(71)37(20-40(67)68)61-50(73)55-15-14-53-48(72)43-25(5)34(18-35(27)57-31)60-45(43)29(44(28)59-32)16-41(69)74-7;/h17-19,22-23,27-28,30,37H,8-16,20-21H2,1-7H3,(H13,51,52,53,54,55,56,57,58,59,60,61,62,63,64,65,66,67,68,70,71,72,73);/q;+2/p-2/t22?,23?,27-,28+,30+,37+;/m1./s1. The third kappa shape index (κ3) is 13.9. The van der Waals surface area contributed by atoms with E-state index >= 15 is 0 Å². The Bertz CT molecular complexity index is 2960. The van der Waals surface area contributed by atoms with E-state index in [0.29, 0.717) is 62.4 Å². The van der Waals surface area contributed by atoms with Gasteiger partial charge in [0.25, 0.3) is 0 Å². The number of aromatic nitrogens is 4. The number of ketones is 3. The number of esters is 1. The molecule has 0 aliphatic carbocycles. The molecule has 0 aromatic carbocycles. The number of rotatable bonds is 10. The number of nitrogens with one attached hydrogen (secondary N) is 6. The van der Waals surface area contributed by atoms with Crippen LogP contribution in [-0.4, -0.2) is 119 Å². The molecule has 11 N–H and O–H groups in total. The number of methoxy groups -OCH3 is 1. The number of urea groups is 1. The summed E-state index contributed by atoms with van der Waals surface area (Å²) in [5.41, 5.74) is 21.4. The van der Waals surface area contributed by atoms with E-state index in [0.717, 1.165) is 0 Å². The number of hydrogen-bond donors (Lipinski definition) is 9. The van der Waals surface area contributed by atoms with Crippen molar-refractivity contribution in [2.75, 3.05) is 33.3 Å². The number of ether oxygens (including phenoxy) is 1. The molecule has 0 radical (unpaired) electrons. The van der Waals surface area contributed by atoms with Crippen LogP contribution >= 0.6 is 0 Å². The van der Waals surface area contributed by atoms with Crippen molar-refractivity contribution in [3.05, 3.63) is 68.8 Å². The van der Waals surface area contributed by atoms with E-state index in [2.05, 4.69) is 37.1 Å². The molecule has 5 amide bonds. The normalized spacial score (nSPS) is 21.1. The number of aliphatic imine (C=N–C) groups is 1. The SMILES string of the molecule is CC[C@H]1c2cc3[n-]c4c(CC(=O)OC)c5nc(cc6[n-]c(cc(n2)C1C)c(C(C)=O)c6C)C(C)[C@@H]5CCC(=O)NN[C@@H](CCCN=C(N)N)C(=O)C(=O)CNC(=O)[C@H](CC(=O)O)NC(=O)NCCNC(=O)c4c3C.[Pd+2]. The Labute approximate surface area is 445 Å². The topological polar surface area (TPSA) is 374 Å². The number of fused-ring (bicyclic) bond motifs is 6. The van der Waals surface area contributed by atoms with Crippen molar-refractivity contribution in [2.45, 2.75) is 122 Å². The van der Waals surface area contributed by atoms with Crippen molar-refractivity contribution >= 4 is 81.1 Å². The second-order valence-electron chi connectivity index (χ2n) is 18.6. The molecule has 6 rings (SSSR count). The van der Waals surface area contributed by atoms with Crippen molar-refractivity contribution in [3.8, 4) is 0 Å². The first-order chi connectivity index (χ1) is 35.1. The van der Waals surface area contributed by atoms with Gasteiger partial charge in [0.15, 0.2) is 11.7 Å². The molecule has 6 heterocycles. The van der Waals surface area contributed by atoms with Gasteiger partial charge in [-0.1, -0.05) is 50.1 Å². The van der Waals surface area contributed by atoms with Crippen LogP contribution in [0.5, 0.6) is 0 Å². The number of carbonyl (C=O) groups is 9. The molecule has 75 heavy (non-hydrogen) atoms. The number of aryl methyl sites for hydroxylation is 2. The predicted octanol–water partition coefficient (Wildman–Crippen LogP) is 1.25. The van der Waals surface area contributed by atoms with E-state index in [-0.39, 0.29) is 106 Å². The number of guanidine groups is 1. The number of nitrogens with zero attached hydrogens (tertiary/aromatic N) is 5. The van der Waals surface area contributed by atoms with Gasteiger partial charge in [0.05, 0.1) is 32.5 Å². The van der Waals surface area contributed by atoms with E-state index < -0.39 is 90.6 Å². The molecular formula is C50H63N13O11Pd. The zero-order valence-corrected chi connectivity index (χ0v) is 44.3. The first-order valence-corrected chi connectivity index (χ1v) is 24.4. The fourth-order valence-electron chi connectivity index (χ4n) is 9.58. The van der Waals surface area contributed by atoms with Crippen molar-refractivity contribution in [1.82, 2.24) is 52.1 Å². The zero-order valence-electron chi connectivity index (χ0n) is 42.7. The van der Waals surface area contributed by atoms with Crippen LogP contribution in [0.4, 0.5) is 4.79 Å². The summed E-state index contributed by atoms with van der Waals surface area (Å²) in [7, 11) is 1.21. The molecule has 0 spiro atoms. The number of carboxylic acid groups (broad SMARTS) is 1. The number of aliphatic carboxylic acids is 1. The van der Waals surface area contributed by atoms with Gasteiger partial charge in [-0.3, -0.25) is 58.7 Å². The van der Waals surface area contributed by atoms with Crippen molar-refractivity contribution in [2.24, 2.45) is 16.5 Å². The van der Waals surface area contributed by atoms with E-state index in [1.54, 1.807) is 26.0 Å². The van der Waals surface area contributed by atoms with Gasteiger partial charge in [-0.15, -0.1) is 22.1 Å². The fraction of sp³-hybridized carbons (Fsp3) is 0.480. The number of Topliss-reactive ketones (excluding diaryl/α,β-unsaturated/α-hetero) is 3. The van der Waals surface area contributed by atoms with Crippen LogP contribution < -0.4 is 53.6 Å². The van der Waals surface area contributed by atoms with Crippen molar-refractivity contribution in [3.63, 3.8) is 0 Å². The zero-order chi connectivity index (χ0) is 54.1. The summed E-state index contributed by atoms with van der Waals surface area (Å²) in [6.45, 7) is 9.68. The van der Waals surface area contributed by atoms with E-state index in [1.807, 2.05) is 26.8 Å². The quantitative estimate of drug-likeness (QED) is 0.0262. The molecule has 2 unspecified atom stereocenters. The molecule has 3 aliphatic heterocycles. The summed E-state index contributed by atoms with van der Waals surface area (Å²) in [5, 5.41) is 19.3. The van der Waals surface area contributed by atoms with Gasteiger partial charge in [0, 0.05) is 83.6 Å². The van der Waals surface area contributed by atoms with Crippen molar-refractivity contribution in [1.29, 1.82) is 0 Å². The Kier molecular flexibility index (Phi) is 20.1. The molecule has 3 aromatic rings. The number of nitrogens with two attached hydrogens (primary N) is 2. The molecule has 8 bridgehead atoms. The molecule has 404 valence electrons. The Balaban J connectivity index is 0.0000104. The summed E-state index contributed by atoms with van der Waals surface area (Å²) < 4.78 is 5.22. The maximum atomic E-state index is 14.6. The molecule has 0 fully saturated rings. The van der Waals surface area contributed by atoms with Gasteiger partial charge in [-0.2, -0.15) is 0 Å². The van der Waals surface area contributed by atoms with Gasteiger partial charge >= 0.3 is 38.4 Å². The van der Waals surface area contributed by atoms with Gasteiger partial charge in [-0.25, -0.2) is 10.2 Å². The molecule has 3 aliphatic rings. The van der Waals surface area contributed by atoms with Crippen LogP contribution in [0.15, 0.2) is 23.2 Å². The predicted molar refractivity (Wildman–Crippen MR) is 269 cm³/mol. The first-order valence-electron chi connectivity index (χ1n) is 24.4. The van der Waals surface area contributed by atoms with E-state index in [4.69, 9.17) is 36.1 Å². The van der Waals surface area contributed by atoms with Gasteiger partial charge in [-0.05, 0) is 52.0 Å². The average molecular weight is 1130 g/mol. The molecule has 3 aromatic heterocycles. The molecular weight excluding hydrogens is 1070 g/mol. The monoisotopic (exact) mass is 1130 g/mol. The van der Waals surface area contributed by atoms with E-state index in [9.17, 15) is 48.3 Å². The second kappa shape index (κ2) is 25.7. The Morgan fingerprint density at radius 2 is 1.55 bits per heavy atom. The average Bonchev–Trinajstić information content (AvgIpc) is 4.04. The van der Waals surface area contributed by atoms with Crippen LogP contribution in [0.3, 0.4) is 0 Å². The summed E-state index contributed by atoms with van der Waals surface area (Å²) in [6.07, 6.45) is -0.685. The van der Waals surface area contributed by atoms with Gasteiger partial charge < -0.3 is 52.5 Å². The number of amides is 5. The molecule has 0 saturated carbocycles. The van der Waals surface area contributed by atoms with Crippen LogP contribution in [0.2, 0.25) is 0 Å². The number of carbonyl (C=O) groups excluding carboxylic acids is 8. The maximum Gasteiger partial charge on any atom is 2.00 e. The minimum Gasteiger partial charge on any atom is -0.657 e. The third-order valence-electron chi connectivity index (χ3n) is 13.6. The first kappa shape index (κ1) is 58.5. The summed E-state index contributed by atoms with van der Waals surface area (Å²) in [4.78, 5) is 144. The number of hydrazine groups is 1. The summed E-state index contributed by atoms with van der Waals surface area (Å²) in [5.74, 6) is -8.41. The minimum atomic E-state index is -1.70. The van der Waals surface area contributed by atoms with Crippen molar-refractivity contribution < 1.29 is 73.4 Å². The molecule has 6 atom stereocenters. The Morgan fingerprint density at radius 1 is 0.880 bits per heavy atom. The summed E-state index contributed by atoms with van der Waals surface area (Å²) in [6, 6.07) is 1.34. The molecule has 0 saturated heterocycles. The van der Waals surface area contributed by atoms with Crippen LogP contribution in [0, 0.1) is 13.8 Å². The second-order valence-corrected chi connectivity index (χ2v) is 18.6. The Morgan fingerprint density at radius 3 is 2.21 bits per heavy atom. The van der Waals surface area contributed by atoms with Crippen LogP contribution in [0.25, 0.3) is 22.1 Å². The number of carboxylic acids is 1. The Hall–Kier alpha value is -7.36. The summed E-state index contributed by atoms with van der Waals surface area (Å²) >= 11 is 0. The van der Waals surface area contributed by atoms with Gasteiger partial charge in [0.2, 0.25) is 29.3 Å². The smallest absolute Gasteiger partial charge is 0.657 e. The molecule has 25 heteroatoms. The minimum absolute atomic E-state index is 0. The van der Waals surface area contributed by atoms with E-state index in [1.165, 1.54) is 14.0 Å². The maximum absolute atomic E-state index is 14.6. The van der Waals surface area contributed by atoms with Crippen LogP contribution in [0.1, 0.15) is 150 Å². The number of hydrogen-bond acceptors (Lipinski definition) is 14. The van der Waals surface area contributed by atoms with Gasteiger partial charge in [0.1, 0.15) is 6.04 Å². The largest absolute Gasteiger partial charge is 2.00 e. The molecule has 24 nitrogen and oxygen atoms in total.